The Morgan fingerprint density at radius 1 is 1.24 bits per heavy atom. The average molecular weight is 236 g/mol. The summed E-state index contributed by atoms with van der Waals surface area (Å²) in [6.07, 6.45) is 0.753. The number of hydrogen-bond acceptors (Lipinski definition) is 3. The highest BCUT2D eigenvalue weighted by Gasteiger charge is 2.36. The number of aliphatic hydroxyl groups is 1. The summed E-state index contributed by atoms with van der Waals surface area (Å²) < 4.78 is 10.4. The first kappa shape index (κ1) is 12.4. The van der Waals surface area contributed by atoms with Crippen LogP contribution in [0.3, 0.4) is 0 Å². The molecule has 0 heterocycles. The number of rotatable bonds is 5. The fourth-order valence-corrected chi connectivity index (χ4v) is 2.26. The topological polar surface area (TPSA) is 38.7 Å². The minimum absolute atomic E-state index is 0.127. The fourth-order valence-electron chi connectivity index (χ4n) is 2.26. The van der Waals surface area contributed by atoms with E-state index in [1.165, 1.54) is 5.56 Å². The van der Waals surface area contributed by atoms with Crippen molar-refractivity contribution in [1.82, 2.24) is 0 Å². The van der Waals surface area contributed by atoms with Crippen LogP contribution in [0.25, 0.3) is 0 Å². The molecule has 1 aromatic rings. The minimum Gasteiger partial charge on any atom is -0.491 e. The molecular weight excluding hydrogens is 216 g/mol. The smallest absolute Gasteiger partial charge is 0.119 e. The van der Waals surface area contributed by atoms with Crippen molar-refractivity contribution in [1.29, 1.82) is 0 Å². The van der Waals surface area contributed by atoms with E-state index in [1.807, 2.05) is 12.1 Å². The summed E-state index contributed by atoms with van der Waals surface area (Å²) in [5, 5.41) is 9.51. The first-order valence-corrected chi connectivity index (χ1v) is 6.12. The van der Waals surface area contributed by atoms with Crippen LogP contribution < -0.4 is 4.74 Å². The van der Waals surface area contributed by atoms with Crippen molar-refractivity contribution in [3.63, 3.8) is 0 Å². The maximum Gasteiger partial charge on any atom is 0.119 e. The molecule has 0 spiro atoms. The lowest BCUT2D eigenvalue weighted by Crippen LogP contribution is -2.37. The van der Waals surface area contributed by atoms with Gasteiger partial charge in [0.25, 0.3) is 0 Å². The summed E-state index contributed by atoms with van der Waals surface area (Å²) in [4.78, 5) is 0. The van der Waals surface area contributed by atoms with Gasteiger partial charge >= 0.3 is 0 Å². The first-order valence-electron chi connectivity index (χ1n) is 6.12. The Hall–Kier alpha value is -1.06. The average Bonchev–Trinajstić information content (AvgIpc) is 2.37. The highest BCUT2D eigenvalue weighted by Crippen LogP contribution is 2.42. The zero-order chi connectivity index (χ0) is 12.3. The van der Waals surface area contributed by atoms with E-state index in [0.717, 1.165) is 12.2 Å². The van der Waals surface area contributed by atoms with Crippen molar-refractivity contribution >= 4 is 0 Å². The molecule has 94 valence electrons. The second-order valence-electron chi connectivity index (χ2n) is 4.68. The Kier molecular flexibility index (Phi) is 4.02. The van der Waals surface area contributed by atoms with Gasteiger partial charge in [-0.25, -0.2) is 0 Å². The van der Waals surface area contributed by atoms with Crippen molar-refractivity contribution in [3.8, 4) is 5.75 Å². The molecule has 3 atom stereocenters. The normalized spacial score (nSPS) is 27.6. The Labute approximate surface area is 102 Å². The Morgan fingerprint density at radius 2 is 1.94 bits per heavy atom. The van der Waals surface area contributed by atoms with Crippen molar-refractivity contribution in [3.05, 3.63) is 29.8 Å². The van der Waals surface area contributed by atoms with Gasteiger partial charge in [0.2, 0.25) is 0 Å². The van der Waals surface area contributed by atoms with E-state index in [-0.39, 0.29) is 6.10 Å². The molecule has 0 saturated heterocycles. The van der Waals surface area contributed by atoms with Gasteiger partial charge in [-0.1, -0.05) is 19.1 Å². The van der Waals surface area contributed by atoms with Crippen LogP contribution in [0.15, 0.2) is 24.3 Å². The lowest BCUT2D eigenvalue weighted by atomic mass is 9.69. The predicted octanol–water partition coefficient (Wildman–Crippen LogP) is 2.20. The molecule has 1 aliphatic carbocycles. The molecule has 3 nitrogen and oxygen atoms in total. The molecule has 17 heavy (non-hydrogen) atoms. The zero-order valence-electron chi connectivity index (χ0n) is 10.4. The van der Waals surface area contributed by atoms with Crippen molar-refractivity contribution in [2.45, 2.75) is 25.4 Å². The van der Waals surface area contributed by atoms with E-state index < -0.39 is 0 Å². The molecular formula is C14H20O3. The van der Waals surface area contributed by atoms with E-state index in [1.54, 1.807) is 7.11 Å². The number of methoxy groups -OCH3 is 1. The third-order valence-electron chi connectivity index (χ3n) is 3.60. The highest BCUT2D eigenvalue weighted by atomic mass is 16.5. The van der Waals surface area contributed by atoms with E-state index in [4.69, 9.17) is 9.47 Å². The standard InChI is InChI=1S/C14H20O3/c1-10-13(9-14(10)15)11-3-5-12(6-4-11)17-8-7-16-2/h3-6,10,13-15H,7-9H2,1-2H3. The van der Waals surface area contributed by atoms with E-state index in [9.17, 15) is 5.11 Å². The third-order valence-corrected chi connectivity index (χ3v) is 3.60. The van der Waals surface area contributed by atoms with Gasteiger partial charge < -0.3 is 14.6 Å². The number of aliphatic hydroxyl groups excluding tert-OH is 1. The lowest BCUT2D eigenvalue weighted by molar-refractivity contribution is 0.0117. The van der Waals surface area contributed by atoms with Crippen LogP contribution in [-0.4, -0.2) is 31.5 Å². The fraction of sp³-hybridized carbons (Fsp3) is 0.571. The molecule has 0 bridgehead atoms. The molecule has 1 aliphatic rings. The third kappa shape index (κ3) is 2.79. The van der Waals surface area contributed by atoms with Crippen LogP contribution >= 0.6 is 0 Å². The van der Waals surface area contributed by atoms with Gasteiger partial charge in [0, 0.05) is 7.11 Å². The highest BCUT2D eigenvalue weighted by molar-refractivity contribution is 5.31. The number of hydrogen-bond donors (Lipinski definition) is 1. The monoisotopic (exact) mass is 236 g/mol. The summed E-state index contributed by atoms with van der Waals surface area (Å²) in [5.74, 6) is 1.74. The van der Waals surface area contributed by atoms with Gasteiger partial charge in [0.05, 0.1) is 12.7 Å². The van der Waals surface area contributed by atoms with Crippen molar-refractivity contribution < 1.29 is 14.6 Å². The van der Waals surface area contributed by atoms with Crippen LogP contribution in [0, 0.1) is 5.92 Å². The minimum atomic E-state index is -0.127. The van der Waals surface area contributed by atoms with Crippen LogP contribution in [-0.2, 0) is 4.74 Å². The Balaban J connectivity index is 1.90. The molecule has 0 aromatic heterocycles. The van der Waals surface area contributed by atoms with E-state index in [0.29, 0.717) is 25.0 Å². The summed E-state index contributed by atoms with van der Waals surface area (Å²) in [6.45, 7) is 3.28. The maximum absolute atomic E-state index is 9.51. The van der Waals surface area contributed by atoms with Gasteiger partial charge in [-0.15, -0.1) is 0 Å². The first-order chi connectivity index (χ1) is 8.22. The van der Waals surface area contributed by atoms with E-state index in [2.05, 4.69) is 19.1 Å². The molecule has 0 amide bonds. The number of ether oxygens (including phenoxy) is 2. The summed E-state index contributed by atoms with van der Waals surface area (Å²) >= 11 is 0. The van der Waals surface area contributed by atoms with Crippen LogP contribution in [0.5, 0.6) is 5.75 Å². The van der Waals surface area contributed by atoms with Gasteiger partial charge in [0.15, 0.2) is 0 Å². The van der Waals surface area contributed by atoms with Crippen molar-refractivity contribution in [2.24, 2.45) is 5.92 Å². The Morgan fingerprint density at radius 3 is 2.47 bits per heavy atom. The molecule has 2 rings (SSSR count). The van der Waals surface area contributed by atoms with Gasteiger partial charge in [0.1, 0.15) is 12.4 Å². The lowest BCUT2D eigenvalue weighted by Gasteiger charge is -2.39. The largest absolute Gasteiger partial charge is 0.491 e. The van der Waals surface area contributed by atoms with Crippen LogP contribution in [0.1, 0.15) is 24.8 Å². The molecule has 1 fully saturated rings. The van der Waals surface area contributed by atoms with Gasteiger partial charge in [-0.05, 0) is 36.0 Å². The molecule has 1 aromatic carbocycles. The molecule has 3 heteroatoms. The van der Waals surface area contributed by atoms with Gasteiger partial charge in [-0.3, -0.25) is 0 Å². The molecule has 0 aliphatic heterocycles. The quantitative estimate of drug-likeness (QED) is 0.796. The Bertz CT molecular complexity index is 347. The second-order valence-corrected chi connectivity index (χ2v) is 4.68. The van der Waals surface area contributed by atoms with Crippen LogP contribution in [0.2, 0.25) is 0 Å². The molecule has 1 saturated carbocycles. The predicted molar refractivity (Wildman–Crippen MR) is 66.3 cm³/mol. The van der Waals surface area contributed by atoms with Gasteiger partial charge in [-0.2, -0.15) is 0 Å². The molecule has 3 unspecified atom stereocenters. The summed E-state index contributed by atoms with van der Waals surface area (Å²) in [5.41, 5.74) is 1.29. The van der Waals surface area contributed by atoms with Crippen molar-refractivity contribution in [2.75, 3.05) is 20.3 Å². The molecule has 1 N–H and O–H groups in total. The summed E-state index contributed by atoms with van der Waals surface area (Å²) in [7, 11) is 1.66. The zero-order valence-corrected chi connectivity index (χ0v) is 10.4. The summed E-state index contributed by atoms with van der Waals surface area (Å²) in [6, 6.07) is 8.16. The second kappa shape index (κ2) is 5.52. The van der Waals surface area contributed by atoms with Crippen LogP contribution in [0.4, 0.5) is 0 Å². The SMILES string of the molecule is COCCOc1ccc(C2CC(O)C2C)cc1. The maximum atomic E-state index is 9.51. The molecule has 0 radical (unpaired) electrons. The number of benzene rings is 1. The van der Waals surface area contributed by atoms with E-state index >= 15 is 0 Å².